The molecular weight excluding hydrogens is 382 g/mol. The Bertz CT molecular complexity index is 634. The molecule has 164 valence electrons. The van der Waals surface area contributed by atoms with Crippen LogP contribution in [-0.2, 0) is 24.0 Å². The van der Waals surface area contributed by atoms with Gasteiger partial charge >= 0.3 is 5.97 Å². The number of aliphatic carboxylic acids is 1. The van der Waals surface area contributed by atoms with Gasteiger partial charge in [0.05, 0.1) is 12.5 Å². The smallest absolute Gasteiger partial charge is 0.326 e. The molecule has 1 saturated heterocycles. The molecule has 0 aromatic carbocycles. The van der Waals surface area contributed by atoms with Crippen LogP contribution in [0, 0.1) is 5.92 Å². The van der Waals surface area contributed by atoms with E-state index >= 15 is 0 Å². The molecule has 0 aromatic rings. The predicted octanol–water partition coefficient (Wildman–Crippen LogP) is -1.78. The van der Waals surface area contributed by atoms with Crippen molar-refractivity contribution in [1.82, 2.24) is 21.3 Å². The molecule has 0 aromatic heterocycles. The number of carboxylic acid groups (broad SMARTS) is 1. The first-order valence-electron chi connectivity index (χ1n) is 9.72. The molecule has 1 aliphatic rings. The lowest BCUT2D eigenvalue weighted by Gasteiger charge is -2.25. The van der Waals surface area contributed by atoms with Crippen LogP contribution < -0.4 is 27.0 Å². The third kappa shape index (κ3) is 7.68. The second-order valence-electron chi connectivity index (χ2n) is 7.32. The highest BCUT2D eigenvalue weighted by Crippen LogP contribution is 2.09. The van der Waals surface area contributed by atoms with E-state index in [0.717, 1.165) is 13.0 Å². The zero-order valence-corrected chi connectivity index (χ0v) is 17.0. The van der Waals surface area contributed by atoms with Crippen LogP contribution in [0.2, 0.25) is 0 Å². The van der Waals surface area contributed by atoms with Crippen molar-refractivity contribution in [2.75, 3.05) is 6.54 Å². The van der Waals surface area contributed by atoms with Crippen molar-refractivity contribution < 1.29 is 29.1 Å². The molecule has 0 spiro atoms. The number of nitrogens with two attached hydrogens (primary N) is 1. The highest BCUT2D eigenvalue weighted by atomic mass is 16.4. The van der Waals surface area contributed by atoms with Crippen molar-refractivity contribution in [3.63, 3.8) is 0 Å². The number of amides is 4. The van der Waals surface area contributed by atoms with Gasteiger partial charge in [-0.2, -0.15) is 0 Å². The van der Waals surface area contributed by atoms with E-state index in [9.17, 15) is 29.1 Å². The first kappa shape index (κ1) is 24.3. The lowest BCUT2D eigenvalue weighted by molar-refractivity contribution is -0.144. The molecule has 1 heterocycles. The summed E-state index contributed by atoms with van der Waals surface area (Å²) in [5, 5.41) is 19.6. The van der Waals surface area contributed by atoms with E-state index in [0.29, 0.717) is 12.8 Å². The van der Waals surface area contributed by atoms with Crippen molar-refractivity contribution in [1.29, 1.82) is 0 Å². The van der Waals surface area contributed by atoms with E-state index in [1.807, 2.05) is 0 Å². The minimum atomic E-state index is -1.35. The molecule has 0 saturated carbocycles. The predicted molar refractivity (Wildman–Crippen MR) is 103 cm³/mol. The Morgan fingerprint density at radius 3 is 2.24 bits per heavy atom. The Kier molecular flexibility index (Phi) is 9.53. The molecule has 1 aliphatic heterocycles. The van der Waals surface area contributed by atoms with Gasteiger partial charge in [-0.05, 0) is 32.2 Å². The normalized spacial score (nSPS) is 20.0. The van der Waals surface area contributed by atoms with Crippen molar-refractivity contribution in [3.8, 4) is 0 Å². The SMILES string of the molecule is CCC(C)C(NC(=O)C(CC(N)=O)NC(=O)C(C)NC(=O)C1CCCN1)C(=O)O. The van der Waals surface area contributed by atoms with Gasteiger partial charge in [-0.3, -0.25) is 19.2 Å². The number of carboxylic acids is 1. The average molecular weight is 413 g/mol. The van der Waals surface area contributed by atoms with Crippen LogP contribution in [0.3, 0.4) is 0 Å². The Morgan fingerprint density at radius 1 is 1.10 bits per heavy atom. The minimum Gasteiger partial charge on any atom is -0.480 e. The second kappa shape index (κ2) is 11.3. The molecule has 7 N–H and O–H groups in total. The topological polar surface area (TPSA) is 180 Å². The highest BCUT2D eigenvalue weighted by molar-refractivity contribution is 5.96. The van der Waals surface area contributed by atoms with Crippen LogP contribution in [0.1, 0.15) is 46.5 Å². The molecule has 11 heteroatoms. The average Bonchev–Trinajstić information content (AvgIpc) is 3.18. The maximum absolute atomic E-state index is 12.5. The minimum absolute atomic E-state index is 0.330. The van der Waals surface area contributed by atoms with Crippen LogP contribution in [0.5, 0.6) is 0 Å². The number of carbonyl (C=O) groups excluding carboxylic acids is 4. The molecule has 0 bridgehead atoms. The Balaban J connectivity index is 2.76. The summed E-state index contributed by atoms with van der Waals surface area (Å²) >= 11 is 0. The molecule has 1 rings (SSSR count). The summed E-state index contributed by atoms with van der Waals surface area (Å²) in [4.78, 5) is 59.8. The summed E-state index contributed by atoms with van der Waals surface area (Å²) in [6.45, 7) is 5.61. The van der Waals surface area contributed by atoms with Crippen molar-refractivity contribution >= 4 is 29.6 Å². The largest absolute Gasteiger partial charge is 0.480 e. The van der Waals surface area contributed by atoms with Gasteiger partial charge in [0.25, 0.3) is 0 Å². The lowest BCUT2D eigenvalue weighted by atomic mass is 9.98. The Morgan fingerprint density at radius 2 is 1.76 bits per heavy atom. The number of primary amides is 1. The van der Waals surface area contributed by atoms with Gasteiger partial charge in [0.1, 0.15) is 18.1 Å². The number of nitrogens with one attached hydrogen (secondary N) is 4. The zero-order chi connectivity index (χ0) is 22.1. The van der Waals surface area contributed by atoms with Gasteiger partial charge in [-0.25, -0.2) is 4.79 Å². The summed E-state index contributed by atoms with van der Waals surface area (Å²) in [6.07, 6.45) is 1.52. The molecule has 1 fully saturated rings. The third-order valence-corrected chi connectivity index (χ3v) is 4.94. The number of hydrogen-bond acceptors (Lipinski definition) is 6. The second-order valence-corrected chi connectivity index (χ2v) is 7.32. The molecule has 0 aliphatic carbocycles. The molecule has 5 atom stereocenters. The third-order valence-electron chi connectivity index (χ3n) is 4.94. The molecule has 4 amide bonds. The zero-order valence-electron chi connectivity index (χ0n) is 17.0. The van der Waals surface area contributed by atoms with E-state index < -0.39 is 48.2 Å². The standard InChI is InChI=1S/C18H31N5O6/c1-4-9(2)14(18(28)29)23-17(27)12(8-13(19)24)22-15(25)10(3)21-16(26)11-6-5-7-20-11/h9-12,14,20H,4-8H2,1-3H3,(H2,19,24)(H,21,26)(H,22,25)(H,23,27)(H,28,29). The fraction of sp³-hybridized carbons (Fsp3) is 0.722. The highest BCUT2D eigenvalue weighted by Gasteiger charge is 2.32. The summed E-state index contributed by atoms with van der Waals surface area (Å²) in [5.41, 5.74) is 5.16. The summed E-state index contributed by atoms with van der Waals surface area (Å²) in [7, 11) is 0. The Hall–Kier alpha value is -2.69. The van der Waals surface area contributed by atoms with Crippen LogP contribution in [-0.4, -0.2) is 65.4 Å². The van der Waals surface area contributed by atoms with Crippen LogP contribution in [0.4, 0.5) is 0 Å². The summed E-state index contributed by atoms with van der Waals surface area (Å²) in [5.74, 6) is -4.27. The Labute approximate surface area is 169 Å². The maximum Gasteiger partial charge on any atom is 0.326 e. The number of rotatable bonds is 11. The maximum atomic E-state index is 12.5. The quantitative estimate of drug-likeness (QED) is 0.231. The fourth-order valence-electron chi connectivity index (χ4n) is 2.93. The van der Waals surface area contributed by atoms with E-state index in [4.69, 9.17) is 5.73 Å². The number of carbonyl (C=O) groups is 5. The van der Waals surface area contributed by atoms with Gasteiger partial charge in [0.2, 0.25) is 23.6 Å². The van der Waals surface area contributed by atoms with Gasteiger partial charge in [-0.15, -0.1) is 0 Å². The van der Waals surface area contributed by atoms with E-state index in [2.05, 4.69) is 21.3 Å². The van der Waals surface area contributed by atoms with Crippen molar-refractivity contribution in [2.24, 2.45) is 11.7 Å². The van der Waals surface area contributed by atoms with Gasteiger partial charge in [0, 0.05) is 0 Å². The van der Waals surface area contributed by atoms with Gasteiger partial charge in [-0.1, -0.05) is 20.3 Å². The van der Waals surface area contributed by atoms with E-state index in [1.54, 1.807) is 13.8 Å². The summed E-state index contributed by atoms with van der Waals surface area (Å²) < 4.78 is 0. The van der Waals surface area contributed by atoms with Crippen molar-refractivity contribution in [3.05, 3.63) is 0 Å². The molecule has 29 heavy (non-hydrogen) atoms. The van der Waals surface area contributed by atoms with Gasteiger partial charge in [0.15, 0.2) is 0 Å². The van der Waals surface area contributed by atoms with E-state index in [1.165, 1.54) is 6.92 Å². The lowest BCUT2D eigenvalue weighted by Crippen LogP contribution is -2.57. The molecule has 11 nitrogen and oxygen atoms in total. The number of hydrogen-bond donors (Lipinski definition) is 6. The van der Waals surface area contributed by atoms with E-state index in [-0.39, 0.29) is 17.9 Å². The molecular formula is C18H31N5O6. The fourth-order valence-corrected chi connectivity index (χ4v) is 2.93. The molecule has 0 radical (unpaired) electrons. The van der Waals surface area contributed by atoms with Crippen LogP contribution in [0.25, 0.3) is 0 Å². The molecule has 5 unspecified atom stereocenters. The van der Waals surface area contributed by atoms with Gasteiger partial charge < -0.3 is 32.1 Å². The van der Waals surface area contributed by atoms with Crippen molar-refractivity contribution in [2.45, 2.75) is 70.6 Å². The first-order valence-corrected chi connectivity index (χ1v) is 9.72. The monoisotopic (exact) mass is 413 g/mol. The summed E-state index contributed by atoms with van der Waals surface area (Å²) in [6, 6.07) is -3.86. The first-order chi connectivity index (χ1) is 13.6. The van der Waals surface area contributed by atoms with Crippen LogP contribution >= 0.6 is 0 Å². The van der Waals surface area contributed by atoms with Crippen LogP contribution in [0.15, 0.2) is 0 Å².